The first-order valence-corrected chi connectivity index (χ1v) is 37.4. The number of hydrogen-bond donors (Lipinski definition) is 6. The van der Waals surface area contributed by atoms with E-state index in [9.17, 15) is 49.2 Å². The van der Waals surface area contributed by atoms with Crippen molar-refractivity contribution in [3.8, 4) is 0 Å². The van der Waals surface area contributed by atoms with Crippen LogP contribution in [0.15, 0.2) is 71.6 Å². The number of aliphatic hydroxyl groups is 4. The molecule has 27 nitrogen and oxygen atoms in total. The first-order chi connectivity index (χ1) is 50.1. The summed E-state index contributed by atoms with van der Waals surface area (Å²) in [7, 11) is 3.84. The number of ether oxygens (including phenoxy) is 12. The van der Waals surface area contributed by atoms with Crippen LogP contribution in [-0.4, -0.2) is 212 Å². The Morgan fingerprint density at radius 3 is 1.38 bits per heavy atom. The largest absolute Gasteiger partial charge is 0.456 e. The Hall–Kier alpha value is -6.64. The predicted molar refractivity (Wildman–Crippen MR) is 381 cm³/mol. The summed E-state index contributed by atoms with van der Waals surface area (Å²) < 4.78 is 105. The summed E-state index contributed by atoms with van der Waals surface area (Å²) in [6.07, 6.45) is -6.88. The molecule has 8 fully saturated rings. The highest BCUT2D eigenvalue weighted by atomic mass is 19.1. The Bertz CT molecular complexity index is 3900. The van der Waals surface area contributed by atoms with Gasteiger partial charge in [0.05, 0.1) is 36.6 Å². The monoisotopic (exact) mass is 1520 g/mol. The Balaban J connectivity index is 0.000000215. The van der Waals surface area contributed by atoms with Gasteiger partial charge in [0.2, 0.25) is 0 Å². The Kier molecular flexibility index (Phi) is 22.2. The van der Waals surface area contributed by atoms with E-state index in [0.29, 0.717) is 54.5 Å². The Labute approximate surface area is 630 Å². The van der Waals surface area contributed by atoms with Gasteiger partial charge in [-0.3, -0.25) is 19.6 Å². The van der Waals surface area contributed by atoms with E-state index in [-0.39, 0.29) is 38.3 Å². The van der Waals surface area contributed by atoms with Gasteiger partial charge in [-0.25, -0.2) is 28.0 Å². The van der Waals surface area contributed by atoms with Gasteiger partial charge in [0, 0.05) is 79.1 Å². The fraction of sp³-hybridized carbons (Fsp3) is 0.722. The van der Waals surface area contributed by atoms with Crippen molar-refractivity contribution >= 4 is 36.1 Å². The zero-order valence-corrected chi connectivity index (χ0v) is 65.7. The van der Waals surface area contributed by atoms with Crippen LogP contribution in [0.4, 0.5) is 18.4 Å². The number of pyridine rings is 2. The van der Waals surface area contributed by atoms with E-state index in [0.717, 1.165) is 12.1 Å². The molecule has 10 aliphatic rings. The Morgan fingerprint density at radius 2 is 1.04 bits per heavy atom. The molecule has 2 aromatic heterocycles. The lowest BCUT2D eigenvalue weighted by Crippen LogP contribution is -2.77. The summed E-state index contributed by atoms with van der Waals surface area (Å²) in [6, 6.07) is 1.47. The molecule has 0 radical (unpaired) electrons. The van der Waals surface area contributed by atoms with Gasteiger partial charge in [-0.15, -0.1) is 0 Å². The highest BCUT2D eigenvalue weighted by Gasteiger charge is 2.77. The molecule has 4 bridgehead atoms. The Morgan fingerprint density at radius 1 is 0.648 bits per heavy atom. The number of esters is 4. The average Bonchev–Trinajstić information content (AvgIpc) is 1.07. The zero-order chi connectivity index (χ0) is 79.7. The molecule has 598 valence electrons. The van der Waals surface area contributed by atoms with Gasteiger partial charge in [-0.05, 0) is 160 Å². The molecule has 12 rings (SSSR count). The number of rotatable bonds is 15. The number of carbonyl (C=O) groups excluding carboxylic acids is 6. The summed E-state index contributed by atoms with van der Waals surface area (Å²) >= 11 is 0. The fourth-order valence-corrected chi connectivity index (χ4v) is 20.7. The number of aromatic nitrogens is 2. The summed E-state index contributed by atoms with van der Waals surface area (Å²) in [4.78, 5) is 89.3. The molecule has 4 saturated carbocycles. The third-order valence-corrected chi connectivity index (χ3v) is 25.4. The quantitative estimate of drug-likeness (QED) is 0.0552. The summed E-state index contributed by atoms with van der Waals surface area (Å²) in [6.45, 7) is 36.6. The van der Waals surface area contributed by atoms with Crippen molar-refractivity contribution in [2.24, 2.45) is 45.3 Å². The smallest absolute Gasteiger partial charge is 0.408 e. The number of hydrogen-bond acceptors (Lipinski definition) is 25. The van der Waals surface area contributed by atoms with Crippen molar-refractivity contribution in [3.63, 3.8) is 0 Å². The molecule has 4 saturated heterocycles. The average molecular weight is 1520 g/mol. The minimum Gasteiger partial charge on any atom is -0.456 e. The topological polar surface area (TPSA) is 347 Å². The molecule has 108 heavy (non-hydrogen) atoms. The second kappa shape index (κ2) is 29.2. The van der Waals surface area contributed by atoms with E-state index in [1.54, 1.807) is 54.5 Å². The number of nitrogens with one attached hydrogen (secondary N) is 2. The van der Waals surface area contributed by atoms with Crippen molar-refractivity contribution in [1.29, 1.82) is 0 Å². The lowest BCUT2D eigenvalue weighted by molar-refractivity contribution is -0.337. The maximum atomic E-state index is 15.1. The standard InChI is InChI=1S/C40H58FN3O11.C39H53FN2O11/c1-20-24(51-34(47)30(46)29(28-23(41)13-12-16-42-28)43-35(48)55-36(4,5)6)17-40(49)21(2)32-38(9,15-14-25-39(32,19-50-25)54-22(3)45)33-31(27(20)37(40,7)8)52-26(53-33)18-44(10)11;1-11-25-50-30-26-19(2)23(49-33(45)29(44)28(27-22(40)13-12-16-41-27)42-34(46)53-35(5,6)7)17-39(47,36(26,8)9)20(3)31-37(10,32(30)51-25)15-14-24-38(31,18-48-24)52-21(4)43/h12-13,16,21,24-26,29-33,46,49H,14-15,17-19H2,1-11H3,(H,43,48);11-13,16,20,23-25,28-32,44,47H,1,14-15,17-18H2,2-10H3,(H,42,46)/t21-,24-,25+,26+,29-,30+,31+,32-,33+,38+,39-,40+;20-,23-,24+,25+,28-,29+,30+,31-,32+,37+,38-,39+/m00/s1. The molecule has 2 amide bonds. The summed E-state index contributed by atoms with van der Waals surface area (Å²) in [5, 5.41) is 54.4. The first kappa shape index (κ1) is 82.3. The van der Waals surface area contributed by atoms with Crippen LogP contribution in [0, 0.1) is 57.0 Å². The molecule has 0 aromatic carbocycles. The molecule has 6 heterocycles. The van der Waals surface area contributed by atoms with Crippen molar-refractivity contribution < 1.29 is 115 Å². The van der Waals surface area contributed by atoms with Gasteiger partial charge < -0.3 is 92.8 Å². The lowest BCUT2D eigenvalue weighted by Gasteiger charge is -2.68. The number of likely N-dealkylation sites (N-methyl/N-ethyl adjacent to an activating group) is 1. The van der Waals surface area contributed by atoms with E-state index in [2.05, 4.69) is 41.0 Å². The molecular weight excluding hydrogens is 1410 g/mol. The van der Waals surface area contributed by atoms with Crippen molar-refractivity contribution in [1.82, 2.24) is 25.5 Å². The van der Waals surface area contributed by atoms with Crippen LogP contribution in [0.25, 0.3) is 0 Å². The van der Waals surface area contributed by atoms with Crippen LogP contribution in [0.5, 0.6) is 0 Å². The molecule has 6 N–H and O–H groups in total. The third kappa shape index (κ3) is 14.1. The molecule has 0 spiro atoms. The minimum atomic E-state index is -2.14. The van der Waals surface area contributed by atoms with Crippen LogP contribution in [0.3, 0.4) is 0 Å². The molecule has 29 heteroatoms. The molecule has 24 atom stereocenters. The van der Waals surface area contributed by atoms with Crippen LogP contribution in [0.2, 0.25) is 0 Å². The van der Waals surface area contributed by atoms with Gasteiger partial charge in [0.25, 0.3) is 0 Å². The summed E-state index contributed by atoms with van der Waals surface area (Å²) in [5.74, 6) is -7.20. The van der Waals surface area contributed by atoms with Gasteiger partial charge >= 0.3 is 36.1 Å². The van der Waals surface area contributed by atoms with E-state index in [1.165, 1.54) is 38.4 Å². The van der Waals surface area contributed by atoms with Gasteiger partial charge in [0.15, 0.2) is 36.0 Å². The molecule has 4 aliphatic heterocycles. The van der Waals surface area contributed by atoms with Crippen molar-refractivity contribution in [3.05, 3.63) is 94.6 Å². The fourth-order valence-electron chi connectivity index (χ4n) is 20.7. The molecular formula is C79H111F2N5O22. The number of halogens is 2. The highest BCUT2D eigenvalue weighted by molar-refractivity contribution is 5.79. The predicted octanol–water partition coefficient (Wildman–Crippen LogP) is 8.57. The SMILES string of the molecule is C=C[C@@H]1O[C@@H]2C3=C(C)[C@@H](OC(=O)[C@H](O)[C@@H](NC(=O)OC(C)(C)C)c4ncccc4F)C[C@@](O)([C@@H](C)[C@H]4[C@@](C)(CC[C@H]5OC[C@]54OC(C)=O)[C@@H]2O1)C3(C)C.CC(=O)O[C@@]12CO[C@@H]1CC[C@@]1(C)[C@@H]3O[C@H](CN(C)C)O[C@@H]3C3=C(C)[C@@H](OC(=O)[C@H](O)[C@@H](NC(=O)OC(C)(C)C)c4ncccc4F)C[C@@](O)([C@@H](C)[C@@H]12)C3(C)C. The van der Waals surface area contributed by atoms with E-state index >= 15 is 8.78 Å². The highest BCUT2D eigenvalue weighted by Crippen LogP contribution is 2.70. The maximum absolute atomic E-state index is 15.1. The third-order valence-electron chi connectivity index (χ3n) is 25.4. The number of alkyl carbamates (subject to hydrolysis) is 2. The maximum Gasteiger partial charge on any atom is 0.408 e. The van der Waals surface area contributed by atoms with Crippen LogP contribution >= 0.6 is 0 Å². The number of carbonyl (C=O) groups is 6. The molecule has 6 aliphatic carbocycles. The van der Waals surface area contributed by atoms with E-state index in [4.69, 9.17) is 56.8 Å². The minimum absolute atomic E-state index is 0.0926. The number of aliphatic hydroxyl groups excluding tert-OH is 2. The normalized spacial score (nSPS) is 37.9. The lowest BCUT2D eigenvalue weighted by atomic mass is 9.43. The number of nitrogens with zero attached hydrogens (tertiary/aromatic N) is 3. The number of amides is 2. The van der Waals surface area contributed by atoms with Crippen molar-refractivity contribution in [2.75, 3.05) is 33.9 Å². The van der Waals surface area contributed by atoms with E-state index < -0.39 is 212 Å². The molecule has 2 aromatic rings. The van der Waals surface area contributed by atoms with Crippen LogP contribution in [0.1, 0.15) is 187 Å². The van der Waals surface area contributed by atoms with Gasteiger partial charge in [-0.2, -0.15) is 0 Å². The summed E-state index contributed by atoms with van der Waals surface area (Å²) in [5.41, 5.74) is -8.77. The van der Waals surface area contributed by atoms with Gasteiger partial charge in [-0.1, -0.05) is 62.0 Å². The van der Waals surface area contributed by atoms with E-state index in [1.807, 2.05) is 67.5 Å². The van der Waals surface area contributed by atoms with Crippen molar-refractivity contribution in [2.45, 2.75) is 282 Å². The second-order valence-corrected chi connectivity index (χ2v) is 35.3. The van der Waals surface area contributed by atoms with Gasteiger partial charge in [0.1, 0.15) is 82.9 Å². The molecule has 0 unspecified atom stereocenters. The van der Waals surface area contributed by atoms with Crippen LogP contribution in [-0.2, 0) is 76.0 Å². The second-order valence-electron chi connectivity index (χ2n) is 35.3. The number of fused-ring (bicyclic) bond motifs is 16. The zero-order valence-electron chi connectivity index (χ0n) is 65.7. The first-order valence-electron chi connectivity index (χ1n) is 37.4. The van der Waals surface area contributed by atoms with Crippen LogP contribution < -0.4 is 10.6 Å².